The van der Waals surface area contributed by atoms with Gasteiger partial charge in [-0.15, -0.1) is 0 Å². The summed E-state index contributed by atoms with van der Waals surface area (Å²) in [6, 6.07) is 5.32. The largest absolute Gasteiger partial charge is 0.463 e. The zero-order valence-corrected chi connectivity index (χ0v) is 11.2. The van der Waals surface area contributed by atoms with Crippen molar-refractivity contribution in [3.05, 3.63) is 30.2 Å². The number of nitrogens with zero attached hydrogens (tertiary/aromatic N) is 1. The molecule has 6 nitrogen and oxygen atoms in total. The molecule has 1 fully saturated rings. The third kappa shape index (κ3) is 2.91. The minimum Gasteiger partial charge on any atom is -0.463 e. The lowest BCUT2D eigenvalue weighted by atomic mass is 10.00. The molecule has 1 unspecified atom stereocenters. The Labute approximate surface area is 116 Å². The van der Waals surface area contributed by atoms with Gasteiger partial charge in [-0.25, -0.2) is 0 Å². The van der Waals surface area contributed by atoms with Crippen LogP contribution in [0.4, 0.5) is 0 Å². The van der Waals surface area contributed by atoms with Crippen LogP contribution in [0.15, 0.2) is 28.9 Å². The quantitative estimate of drug-likeness (QED) is 0.787. The van der Waals surface area contributed by atoms with Crippen molar-refractivity contribution >= 4 is 5.91 Å². The molecule has 1 atom stereocenters. The summed E-state index contributed by atoms with van der Waals surface area (Å²) < 4.78 is 5.26. The van der Waals surface area contributed by atoms with E-state index in [0.29, 0.717) is 29.6 Å². The number of aromatic amines is 1. The molecule has 0 bridgehead atoms. The molecule has 0 aliphatic carbocycles. The fourth-order valence-electron chi connectivity index (χ4n) is 2.42. The minimum absolute atomic E-state index is 0.148. The molecule has 0 aromatic carbocycles. The average molecular weight is 274 g/mol. The third-order valence-electron chi connectivity index (χ3n) is 3.55. The zero-order chi connectivity index (χ0) is 13.8. The molecule has 3 N–H and O–H groups in total. The van der Waals surface area contributed by atoms with Crippen LogP contribution in [0.5, 0.6) is 0 Å². The smallest absolute Gasteiger partial charge is 0.271 e. The zero-order valence-electron chi connectivity index (χ0n) is 11.2. The van der Waals surface area contributed by atoms with Gasteiger partial charge in [-0.05, 0) is 44.0 Å². The summed E-state index contributed by atoms with van der Waals surface area (Å²) in [6.07, 6.45) is 3.92. The Morgan fingerprint density at radius 3 is 3.25 bits per heavy atom. The van der Waals surface area contributed by atoms with Gasteiger partial charge < -0.3 is 15.1 Å². The van der Waals surface area contributed by atoms with Crippen molar-refractivity contribution in [2.45, 2.75) is 12.8 Å². The van der Waals surface area contributed by atoms with Crippen molar-refractivity contribution < 1.29 is 9.21 Å². The van der Waals surface area contributed by atoms with Gasteiger partial charge in [0.1, 0.15) is 5.69 Å². The summed E-state index contributed by atoms with van der Waals surface area (Å²) in [5.74, 6) is 1.04. The molecule has 2 aromatic rings. The van der Waals surface area contributed by atoms with Gasteiger partial charge in [-0.2, -0.15) is 5.10 Å². The normalized spacial score (nSPS) is 18.9. The summed E-state index contributed by atoms with van der Waals surface area (Å²) in [7, 11) is 0. The van der Waals surface area contributed by atoms with E-state index in [2.05, 4.69) is 20.8 Å². The van der Waals surface area contributed by atoms with Gasteiger partial charge in [0, 0.05) is 12.6 Å². The van der Waals surface area contributed by atoms with E-state index in [1.807, 2.05) is 6.07 Å². The summed E-state index contributed by atoms with van der Waals surface area (Å²) in [4.78, 5) is 12.0. The summed E-state index contributed by atoms with van der Waals surface area (Å²) in [6.45, 7) is 2.74. The summed E-state index contributed by atoms with van der Waals surface area (Å²) in [5, 5.41) is 13.1. The lowest BCUT2D eigenvalue weighted by Gasteiger charge is -2.22. The van der Waals surface area contributed by atoms with Crippen LogP contribution in [0.3, 0.4) is 0 Å². The van der Waals surface area contributed by atoms with Gasteiger partial charge >= 0.3 is 0 Å². The van der Waals surface area contributed by atoms with Gasteiger partial charge in [0.15, 0.2) is 11.5 Å². The number of H-pyrrole nitrogens is 1. The molecule has 1 amide bonds. The van der Waals surface area contributed by atoms with Crippen LogP contribution in [0.1, 0.15) is 23.3 Å². The molecule has 3 heterocycles. The number of carbonyl (C=O) groups excluding carboxylic acids is 1. The van der Waals surface area contributed by atoms with E-state index < -0.39 is 0 Å². The number of aromatic nitrogens is 2. The highest BCUT2D eigenvalue weighted by Gasteiger charge is 2.16. The molecular formula is C14H18N4O2. The van der Waals surface area contributed by atoms with E-state index in [4.69, 9.17) is 4.42 Å². The van der Waals surface area contributed by atoms with Gasteiger partial charge in [0.25, 0.3) is 5.91 Å². The SMILES string of the molecule is O=C(NCC1CCCNC1)c1cc(-c2ccco2)[nH]n1. The molecule has 1 saturated heterocycles. The van der Waals surface area contributed by atoms with Gasteiger partial charge in [0.2, 0.25) is 0 Å². The molecule has 6 heteroatoms. The van der Waals surface area contributed by atoms with Crippen LogP contribution >= 0.6 is 0 Å². The molecule has 0 radical (unpaired) electrons. The number of carbonyl (C=O) groups is 1. The average Bonchev–Trinajstić information content (AvgIpc) is 3.16. The number of piperidine rings is 1. The maximum Gasteiger partial charge on any atom is 0.271 e. The van der Waals surface area contributed by atoms with Crippen molar-refractivity contribution in [2.24, 2.45) is 5.92 Å². The standard InChI is InChI=1S/C14H18N4O2/c19-14(16-9-10-3-1-5-15-8-10)12-7-11(17-18-12)13-4-2-6-20-13/h2,4,6-7,10,15H,1,3,5,8-9H2,(H,16,19)(H,17,18). The van der Waals surface area contributed by atoms with Crippen molar-refractivity contribution in [3.63, 3.8) is 0 Å². The van der Waals surface area contributed by atoms with E-state index in [0.717, 1.165) is 19.5 Å². The second-order valence-electron chi connectivity index (χ2n) is 5.07. The van der Waals surface area contributed by atoms with Gasteiger partial charge in [-0.3, -0.25) is 9.89 Å². The lowest BCUT2D eigenvalue weighted by Crippen LogP contribution is -2.38. The molecule has 106 valence electrons. The Morgan fingerprint density at radius 1 is 1.55 bits per heavy atom. The second-order valence-corrected chi connectivity index (χ2v) is 5.07. The highest BCUT2D eigenvalue weighted by atomic mass is 16.3. The first kappa shape index (κ1) is 12.9. The topological polar surface area (TPSA) is 83.0 Å². The maximum atomic E-state index is 12.0. The first-order chi connectivity index (χ1) is 9.83. The monoisotopic (exact) mass is 274 g/mol. The molecule has 2 aromatic heterocycles. The molecule has 1 aliphatic heterocycles. The van der Waals surface area contributed by atoms with Crippen LogP contribution in [0.2, 0.25) is 0 Å². The molecule has 20 heavy (non-hydrogen) atoms. The fraction of sp³-hybridized carbons (Fsp3) is 0.429. The number of hydrogen-bond acceptors (Lipinski definition) is 4. The number of amides is 1. The molecular weight excluding hydrogens is 256 g/mol. The molecule has 0 spiro atoms. The third-order valence-corrected chi connectivity index (χ3v) is 3.55. The van der Waals surface area contributed by atoms with Crippen LogP contribution in [-0.2, 0) is 0 Å². The number of furan rings is 1. The predicted molar refractivity (Wildman–Crippen MR) is 74.2 cm³/mol. The first-order valence-corrected chi connectivity index (χ1v) is 6.91. The van der Waals surface area contributed by atoms with E-state index in [1.54, 1.807) is 18.4 Å². The Kier molecular flexibility index (Phi) is 3.83. The van der Waals surface area contributed by atoms with E-state index >= 15 is 0 Å². The van der Waals surface area contributed by atoms with Crippen molar-refractivity contribution in [3.8, 4) is 11.5 Å². The summed E-state index contributed by atoms with van der Waals surface area (Å²) in [5.41, 5.74) is 1.10. The second kappa shape index (κ2) is 5.92. The highest BCUT2D eigenvalue weighted by molar-refractivity contribution is 5.93. The lowest BCUT2D eigenvalue weighted by molar-refractivity contribution is 0.0940. The number of rotatable bonds is 4. The van der Waals surface area contributed by atoms with Crippen molar-refractivity contribution in [2.75, 3.05) is 19.6 Å². The summed E-state index contributed by atoms with van der Waals surface area (Å²) >= 11 is 0. The van der Waals surface area contributed by atoms with E-state index in [9.17, 15) is 4.79 Å². The van der Waals surface area contributed by atoms with Crippen LogP contribution in [-0.4, -0.2) is 35.7 Å². The Balaban J connectivity index is 1.57. The van der Waals surface area contributed by atoms with Gasteiger partial charge in [-0.1, -0.05) is 0 Å². The predicted octanol–water partition coefficient (Wildman–Crippen LogP) is 1.40. The molecule has 3 rings (SSSR count). The van der Waals surface area contributed by atoms with Crippen molar-refractivity contribution in [1.29, 1.82) is 0 Å². The maximum absolute atomic E-state index is 12.0. The van der Waals surface area contributed by atoms with Gasteiger partial charge in [0.05, 0.1) is 6.26 Å². The molecule has 1 aliphatic rings. The minimum atomic E-state index is -0.148. The number of hydrogen-bond donors (Lipinski definition) is 3. The van der Waals surface area contributed by atoms with Crippen molar-refractivity contribution in [1.82, 2.24) is 20.8 Å². The van der Waals surface area contributed by atoms with E-state index in [1.165, 1.54) is 6.42 Å². The van der Waals surface area contributed by atoms with E-state index in [-0.39, 0.29) is 5.91 Å². The Bertz CT molecular complexity index is 556. The number of nitrogens with one attached hydrogen (secondary N) is 3. The molecule has 0 saturated carbocycles. The van der Waals surface area contributed by atoms with Crippen LogP contribution < -0.4 is 10.6 Å². The van der Waals surface area contributed by atoms with Crippen LogP contribution in [0, 0.1) is 5.92 Å². The first-order valence-electron chi connectivity index (χ1n) is 6.91. The fourth-order valence-corrected chi connectivity index (χ4v) is 2.42. The van der Waals surface area contributed by atoms with Crippen LogP contribution in [0.25, 0.3) is 11.5 Å². The Morgan fingerprint density at radius 2 is 2.50 bits per heavy atom. The highest BCUT2D eigenvalue weighted by Crippen LogP contribution is 2.17. The Hall–Kier alpha value is -2.08.